The molecular formula is C13H27NO. The predicted molar refractivity (Wildman–Crippen MR) is 64.9 cm³/mol. The lowest BCUT2D eigenvalue weighted by Crippen LogP contribution is -2.60. The van der Waals surface area contributed by atoms with Crippen LogP contribution in [0.2, 0.25) is 0 Å². The van der Waals surface area contributed by atoms with E-state index in [-0.39, 0.29) is 11.1 Å². The molecule has 0 saturated carbocycles. The van der Waals surface area contributed by atoms with Crippen LogP contribution in [0.4, 0.5) is 0 Å². The molecular weight excluding hydrogens is 186 g/mol. The van der Waals surface area contributed by atoms with Gasteiger partial charge in [-0.15, -0.1) is 0 Å². The van der Waals surface area contributed by atoms with Crippen molar-refractivity contribution in [3.05, 3.63) is 0 Å². The molecule has 0 aromatic heterocycles. The maximum atomic E-state index is 6.26. The van der Waals surface area contributed by atoms with Crippen molar-refractivity contribution in [1.29, 1.82) is 0 Å². The third-order valence-corrected chi connectivity index (χ3v) is 3.68. The van der Waals surface area contributed by atoms with Gasteiger partial charge in [0.15, 0.2) is 0 Å². The fraction of sp³-hybridized carbons (Fsp3) is 1.00. The minimum absolute atomic E-state index is 0.0432. The van der Waals surface area contributed by atoms with Crippen molar-refractivity contribution in [3.8, 4) is 0 Å². The van der Waals surface area contributed by atoms with Crippen LogP contribution in [-0.4, -0.2) is 18.4 Å². The molecule has 0 aliphatic carbocycles. The summed E-state index contributed by atoms with van der Waals surface area (Å²) in [5.74, 6) is 0. The van der Waals surface area contributed by atoms with Crippen molar-refractivity contribution in [1.82, 2.24) is 5.32 Å². The van der Waals surface area contributed by atoms with Crippen LogP contribution >= 0.6 is 0 Å². The summed E-state index contributed by atoms with van der Waals surface area (Å²) in [6.45, 7) is 12.3. The topological polar surface area (TPSA) is 21.3 Å². The van der Waals surface area contributed by atoms with Crippen LogP contribution in [0.5, 0.6) is 0 Å². The van der Waals surface area contributed by atoms with Crippen LogP contribution in [-0.2, 0) is 4.74 Å². The number of nitrogens with one attached hydrogen (secondary N) is 1. The zero-order chi connectivity index (χ0) is 11.5. The minimum atomic E-state index is -0.0432. The van der Waals surface area contributed by atoms with Gasteiger partial charge in [0, 0.05) is 12.0 Å². The minimum Gasteiger partial charge on any atom is -0.357 e. The van der Waals surface area contributed by atoms with Crippen molar-refractivity contribution < 1.29 is 4.74 Å². The van der Waals surface area contributed by atoms with E-state index in [0.717, 1.165) is 19.4 Å². The van der Waals surface area contributed by atoms with Gasteiger partial charge in [-0.25, -0.2) is 0 Å². The molecule has 15 heavy (non-hydrogen) atoms. The Bertz CT molecular complexity index is 195. The smallest absolute Gasteiger partial charge is 0.119 e. The Balaban J connectivity index is 2.68. The van der Waals surface area contributed by atoms with Crippen molar-refractivity contribution in [2.75, 3.05) is 6.54 Å². The molecule has 0 amide bonds. The van der Waals surface area contributed by atoms with E-state index in [1.54, 1.807) is 0 Å². The third-order valence-electron chi connectivity index (χ3n) is 3.68. The quantitative estimate of drug-likeness (QED) is 0.773. The lowest BCUT2D eigenvalue weighted by Gasteiger charge is -2.49. The van der Waals surface area contributed by atoms with Crippen molar-refractivity contribution in [3.63, 3.8) is 0 Å². The van der Waals surface area contributed by atoms with Gasteiger partial charge in [-0.2, -0.15) is 0 Å². The van der Waals surface area contributed by atoms with E-state index < -0.39 is 0 Å². The first-order valence-corrected chi connectivity index (χ1v) is 6.38. The molecule has 1 atom stereocenters. The van der Waals surface area contributed by atoms with Crippen LogP contribution < -0.4 is 5.32 Å². The Morgan fingerprint density at radius 3 is 2.13 bits per heavy atom. The van der Waals surface area contributed by atoms with E-state index in [9.17, 15) is 0 Å². The molecule has 1 rings (SSSR count). The van der Waals surface area contributed by atoms with Crippen LogP contribution in [0, 0.1) is 5.41 Å². The molecule has 0 aromatic rings. The van der Waals surface area contributed by atoms with Crippen molar-refractivity contribution in [2.45, 2.75) is 72.1 Å². The van der Waals surface area contributed by atoms with E-state index >= 15 is 0 Å². The van der Waals surface area contributed by atoms with E-state index in [1.807, 2.05) is 0 Å². The monoisotopic (exact) mass is 213 g/mol. The summed E-state index contributed by atoms with van der Waals surface area (Å²) < 4.78 is 6.26. The second-order valence-corrected chi connectivity index (χ2v) is 5.60. The molecule has 1 N–H and O–H groups in total. The van der Waals surface area contributed by atoms with Gasteiger partial charge in [0.25, 0.3) is 0 Å². The average Bonchev–Trinajstić information content (AvgIpc) is 2.14. The maximum Gasteiger partial charge on any atom is 0.119 e. The molecule has 0 spiro atoms. The molecule has 1 aliphatic rings. The Morgan fingerprint density at radius 1 is 1.20 bits per heavy atom. The summed E-state index contributed by atoms with van der Waals surface area (Å²) in [6.07, 6.45) is 4.96. The van der Waals surface area contributed by atoms with Gasteiger partial charge in [0.2, 0.25) is 0 Å². The highest BCUT2D eigenvalue weighted by Gasteiger charge is 2.42. The Hall–Kier alpha value is -0.0800. The average molecular weight is 213 g/mol. The molecule has 1 saturated heterocycles. The van der Waals surface area contributed by atoms with Gasteiger partial charge < -0.3 is 4.74 Å². The number of rotatable bonds is 4. The lowest BCUT2D eigenvalue weighted by molar-refractivity contribution is -0.188. The third kappa shape index (κ3) is 2.94. The van der Waals surface area contributed by atoms with E-state index in [1.165, 1.54) is 12.8 Å². The van der Waals surface area contributed by atoms with Gasteiger partial charge >= 0.3 is 0 Å². The second kappa shape index (κ2) is 4.84. The number of hydrogen-bond acceptors (Lipinski definition) is 2. The van der Waals surface area contributed by atoms with Gasteiger partial charge in [0.05, 0.1) is 6.10 Å². The van der Waals surface area contributed by atoms with E-state index in [4.69, 9.17) is 4.74 Å². The Morgan fingerprint density at radius 2 is 1.73 bits per heavy atom. The van der Waals surface area contributed by atoms with Gasteiger partial charge in [-0.05, 0) is 19.8 Å². The Kier molecular flexibility index (Phi) is 4.19. The fourth-order valence-electron chi connectivity index (χ4n) is 2.30. The van der Waals surface area contributed by atoms with E-state index in [2.05, 4.69) is 39.9 Å². The van der Waals surface area contributed by atoms with Crippen LogP contribution in [0.15, 0.2) is 0 Å². The normalized spacial score (nSPS) is 29.0. The highest BCUT2D eigenvalue weighted by molar-refractivity contribution is 4.91. The molecule has 1 heterocycles. The molecule has 2 heteroatoms. The van der Waals surface area contributed by atoms with Gasteiger partial charge in [-0.1, -0.05) is 40.5 Å². The summed E-state index contributed by atoms with van der Waals surface area (Å²) in [7, 11) is 0. The molecule has 90 valence electrons. The summed E-state index contributed by atoms with van der Waals surface area (Å²) in [6, 6.07) is 0. The van der Waals surface area contributed by atoms with Gasteiger partial charge in [0.1, 0.15) is 5.72 Å². The standard InChI is InChI=1S/C13H27NO/c1-6-8-13(9-7-2)14-10-12(4,5)11(3)15-13/h11,14H,6-10H2,1-5H3. The van der Waals surface area contributed by atoms with Crippen LogP contribution in [0.25, 0.3) is 0 Å². The second-order valence-electron chi connectivity index (χ2n) is 5.60. The fourth-order valence-corrected chi connectivity index (χ4v) is 2.30. The molecule has 2 nitrogen and oxygen atoms in total. The first-order valence-electron chi connectivity index (χ1n) is 6.38. The van der Waals surface area contributed by atoms with Crippen molar-refractivity contribution in [2.24, 2.45) is 5.41 Å². The molecule has 0 radical (unpaired) electrons. The Labute approximate surface area is 94.8 Å². The number of ether oxygens (including phenoxy) is 1. The SMILES string of the molecule is CCCC1(CCC)NCC(C)(C)C(C)O1. The molecule has 0 aromatic carbocycles. The maximum absolute atomic E-state index is 6.26. The lowest BCUT2D eigenvalue weighted by atomic mass is 9.83. The first-order chi connectivity index (χ1) is 6.96. The summed E-state index contributed by atoms with van der Waals surface area (Å²) >= 11 is 0. The first kappa shape index (κ1) is 13.0. The highest BCUT2D eigenvalue weighted by atomic mass is 16.5. The van der Waals surface area contributed by atoms with Crippen LogP contribution in [0.1, 0.15) is 60.3 Å². The summed E-state index contributed by atoms with van der Waals surface area (Å²) in [5, 5.41) is 3.63. The molecule has 1 unspecified atom stereocenters. The number of hydrogen-bond donors (Lipinski definition) is 1. The van der Waals surface area contributed by atoms with E-state index in [0.29, 0.717) is 6.10 Å². The van der Waals surface area contributed by atoms with Crippen molar-refractivity contribution >= 4 is 0 Å². The zero-order valence-electron chi connectivity index (χ0n) is 11.0. The summed E-state index contributed by atoms with van der Waals surface area (Å²) in [4.78, 5) is 0. The summed E-state index contributed by atoms with van der Waals surface area (Å²) in [5.41, 5.74) is 0.212. The zero-order valence-corrected chi connectivity index (χ0v) is 11.0. The largest absolute Gasteiger partial charge is 0.357 e. The van der Waals surface area contributed by atoms with Crippen LogP contribution in [0.3, 0.4) is 0 Å². The highest BCUT2D eigenvalue weighted by Crippen LogP contribution is 2.35. The molecule has 1 aliphatic heterocycles. The predicted octanol–water partition coefficient (Wildman–Crippen LogP) is 3.32. The molecule has 1 fully saturated rings. The molecule has 0 bridgehead atoms. The van der Waals surface area contributed by atoms with Gasteiger partial charge in [-0.3, -0.25) is 5.32 Å².